The van der Waals surface area contributed by atoms with Gasteiger partial charge < -0.3 is 25.7 Å². The summed E-state index contributed by atoms with van der Waals surface area (Å²) in [6, 6.07) is -1.00. The minimum absolute atomic E-state index is 0.357. The van der Waals surface area contributed by atoms with Crippen LogP contribution in [0.5, 0.6) is 0 Å². The zero-order chi connectivity index (χ0) is 45.9. The van der Waals surface area contributed by atoms with Crippen molar-refractivity contribution < 1.29 is 25.2 Å². The predicted molar refractivity (Wildman–Crippen MR) is 274 cm³/mol. The molecule has 5 N–H and O–H groups in total. The number of nitrogens with one attached hydrogen (secondary N) is 1. The first-order valence-electron chi connectivity index (χ1n) is 28.2. The molecule has 0 aromatic carbocycles. The molecule has 0 aromatic rings. The van der Waals surface area contributed by atoms with E-state index in [1.54, 1.807) is 0 Å². The lowest BCUT2D eigenvalue weighted by atomic mass is 10.00. The Morgan fingerprint density at radius 1 is 0.381 bits per heavy atom. The highest BCUT2D eigenvalue weighted by Crippen LogP contribution is 2.17. The van der Waals surface area contributed by atoms with Crippen molar-refractivity contribution in [1.29, 1.82) is 0 Å². The third-order valence-electron chi connectivity index (χ3n) is 13.4. The second kappa shape index (κ2) is 51.8. The van der Waals surface area contributed by atoms with Crippen molar-refractivity contribution in [2.45, 2.75) is 327 Å². The molecule has 0 heterocycles. The quantitative estimate of drug-likeness (QED) is 0.0309. The standard InChI is InChI=1S/C57H111NO5/c1-3-5-7-9-11-13-15-17-19-21-23-25-26-27-28-29-31-32-34-36-38-40-42-44-46-48-50-54(60)56(62)53(52-59)58-57(63)55(61)51-49-47-45-43-41-39-37-35-33-30-24-22-20-18-16-14-12-10-8-6-4-2/h33,35,42,44,53-56,59-62H,3-32,34,36-41,43,45-52H2,1-2H3,(H,58,63)/b35-33-,44-42+. The summed E-state index contributed by atoms with van der Waals surface area (Å²) in [7, 11) is 0. The topological polar surface area (TPSA) is 110 Å². The summed E-state index contributed by atoms with van der Waals surface area (Å²) in [6.07, 6.45) is 62.5. The Hall–Kier alpha value is -1.21. The van der Waals surface area contributed by atoms with Crippen LogP contribution in [0.15, 0.2) is 24.3 Å². The summed E-state index contributed by atoms with van der Waals surface area (Å²) in [5, 5.41) is 44.0. The third-order valence-corrected chi connectivity index (χ3v) is 13.4. The number of rotatable bonds is 52. The molecule has 0 saturated heterocycles. The number of carbonyl (C=O) groups excluding carboxylic acids is 1. The van der Waals surface area contributed by atoms with Gasteiger partial charge in [-0.1, -0.05) is 263 Å². The number of unbranched alkanes of at least 4 members (excludes halogenated alkanes) is 39. The Bertz CT molecular complexity index is 955. The molecule has 0 bridgehead atoms. The maximum atomic E-state index is 12.6. The summed E-state index contributed by atoms with van der Waals surface area (Å²) < 4.78 is 0. The highest BCUT2D eigenvalue weighted by molar-refractivity contribution is 5.80. The van der Waals surface area contributed by atoms with Crippen LogP contribution >= 0.6 is 0 Å². The van der Waals surface area contributed by atoms with Crippen molar-refractivity contribution in [3.8, 4) is 0 Å². The van der Waals surface area contributed by atoms with Gasteiger partial charge in [0.2, 0.25) is 5.91 Å². The molecular formula is C57H111NO5. The van der Waals surface area contributed by atoms with Crippen LogP contribution < -0.4 is 5.32 Å². The third kappa shape index (κ3) is 45.7. The van der Waals surface area contributed by atoms with Gasteiger partial charge in [-0.3, -0.25) is 4.79 Å². The van der Waals surface area contributed by atoms with E-state index in [0.717, 1.165) is 44.9 Å². The van der Waals surface area contributed by atoms with Crippen LogP contribution in [0.2, 0.25) is 0 Å². The van der Waals surface area contributed by atoms with Crippen molar-refractivity contribution in [1.82, 2.24) is 5.32 Å². The molecule has 374 valence electrons. The van der Waals surface area contributed by atoms with E-state index < -0.39 is 36.9 Å². The van der Waals surface area contributed by atoms with Gasteiger partial charge in [0.05, 0.1) is 18.8 Å². The molecule has 0 rings (SSSR count). The molecule has 0 aliphatic carbocycles. The summed E-state index contributed by atoms with van der Waals surface area (Å²) >= 11 is 0. The molecule has 0 spiro atoms. The molecule has 4 unspecified atom stereocenters. The van der Waals surface area contributed by atoms with E-state index in [1.807, 2.05) is 0 Å². The van der Waals surface area contributed by atoms with E-state index >= 15 is 0 Å². The summed E-state index contributed by atoms with van der Waals surface area (Å²) in [5.41, 5.74) is 0. The number of aliphatic hydroxyl groups is 4. The van der Waals surface area contributed by atoms with Crippen LogP contribution in [0.4, 0.5) is 0 Å². The summed E-state index contributed by atoms with van der Waals surface area (Å²) in [4.78, 5) is 12.6. The van der Waals surface area contributed by atoms with Gasteiger partial charge in [-0.2, -0.15) is 0 Å². The summed E-state index contributed by atoms with van der Waals surface area (Å²) in [5.74, 6) is -0.594. The predicted octanol–water partition coefficient (Wildman–Crippen LogP) is 16.3. The molecule has 0 fully saturated rings. The highest BCUT2D eigenvalue weighted by atomic mass is 16.3. The van der Waals surface area contributed by atoms with Crippen molar-refractivity contribution in [2.75, 3.05) is 6.61 Å². The molecule has 1 amide bonds. The lowest BCUT2D eigenvalue weighted by Crippen LogP contribution is -2.53. The molecule has 63 heavy (non-hydrogen) atoms. The van der Waals surface area contributed by atoms with E-state index in [0.29, 0.717) is 12.8 Å². The zero-order valence-electron chi connectivity index (χ0n) is 42.3. The van der Waals surface area contributed by atoms with Gasteiger partial charge in [0.15, 0.2) is 0 Å². The lowest BCUT2D eigenvalue weighted by molar-refractivity contribution is -0.132. The van der Waals surface area contributed by atoms with Crippen molar-refractivity contribution in [2.24, 2.45) is 0 Å². The molecule has 0 aliphatic heterocycles. The van der Waals surface area contributed by atoms with Gasteiger partial charge in [0.25, 0.3) is 0 Å². The van der Waals surface area contributed by atoms with Crippen LogP contribution in [0.3, 0.4) is 0 Å². The number of carbonyl (C=O) groups is 1. The molecule has 6 nitrogen and oxygen atoms in total. The first kappa shape index (κ1) is 61.8. The average molecular weight is 891 g/mol. The van der Waals surface area contributed by atoms with Gasteiger partial charge in [0.1, 0.15) is 12.2 Å². The van der Waals surface area contributed by atoms with Crippen LogP contribution in [-0.4, -0.2) is 57.3 Å². The van der Waals surface area contributed by atoms with E-state index in [2.05, 4.69) is 43.5 Å². The lowest BCUT2D eigenvalue weighted by Gasteiger charge is -2.27. The van der Waals surface area contributed by atoms with Gasteiger partial charge in [0, 0.05) is 0 Å². The number of allylic oxidation sites excluding steroid dienone is 4. The number of aliphatic hydroxyl groups excluding tert-OH is 4. The fourth-order valence-corrected chi connectivity index (χ4v) is 8.93. The van der Waals surface area contributed by atoms with E-state index in [9.17, 15) is 25.2 Å². The minimum atomic E-state index is -1.28. The normalized spacial score (nSPS) is 13.9. The van der Waals surface area contributed by atoms with Crippen molar-refractivity contribution >= 4 is 5.91 Å². The van der Waals surface area contributed by atoms with Crippen LogP contribution in [0, 0.1) is 0 Å². The SMILES string of the molecule is CCCCCCCCCCCCC/C=C\CCCCCCCCC(O)C(=O)NC(CO)C(O)C(O)CCC/C=C/CCCCCCCCCCCCCCCCCCCCCCC. The zero-order valence-corrected chi connectivity index (χ0v) is 42.3. The van der Waals surface area contributed by atoms with Crippen LogP contribution in [0.25, 0.3) is 0 Å². The average Bonchev–Trinajstić information content (AvgIpc) is 3.29. The van der Waals surface area contributed by atoms with Gasteiger partial charge >= 0.3 is 0 Å². The minimum Gasteiger partial charge on any atom is -0.394 e. The Balaban J connectivity index is 3.66. The van der Waals surface area contributed by atoms with Gasteiger partial charge in [-0.15, -0.1) is 0 Å². The Kier molecular flexibility index (Phi) is 50.8. The first-order chi connectivity index (χ1) is 31.0. The second-order valence-corrected chi connectivity index (χ2v) is 19.6. The molecule has 0 radical (unpaired) electrons. The molecular weight excluding hydrogens is 779 g/mol. The number of hydrogen-bond donors (Lipinski definition) is 5. The van der Waals surface area contributed by atoms with Crippen molar-refractivity contribution in [3.63, 3.8) is 0 Å². The molecule has 6 heteroatoms. The van der Waals surface area contributed by atoms with Crippen molar-refractivity contribution in [3.05, 3.63) is 24.3 Å². The summed E-state index contributed by atoms with van der Waals surface area (Å²) in [6.45, 7) is 4.08. The van der Waals surface area contributed by atoms with E-state index in [1.165, 1.54) is 231 Å². The second-order valence-electron chi connectivity index (χ2n) is 19.6. The maximum absolute atomic E-state index is 12.6. The Labute approximate surface area is 393 Å². The molecule has 0 aromatic heterocycles. The molecule has 4 atom stereocenters. The monoisotopic (exact) mass is 890 g/mol. The highest BCUT2D eigenvalue weighted by Gasteiger charge is 2.28. The van der Waals surface area contributed by atoms with E-state index in [-0.39, 0.29) is 0 Å². The maximum Gasteiger partial charge on any atom is 0.249 e. The molecule has 0 aliphatic rings. The van der Waals surface area contributed by atoms with Gasteiger partial charge in [-0.25, -0.2) is 0 Å². The van der Waals surface area contributed by atoms with Gasteiger partial charge in [-0.05, 0) is 64.2 Å². The molecule has 0 saturated carbocycles. The fraction of sp³-hybridized carbons (Fsp3) is 0.912. The fourth-order valence-electron chi connectivity index (χ4n) is 8.93. The van der Waals surface area contributed by atoms with Crippen LogP contribution in [-0.2, 0) is 4.79 Å². The largest absolute Gasteiger partial charge is 0.394 e. The first-order valence-corrected chi connectivity index (χ1v) is 28.2. The number of amides is 1. The van der Waals surface area contributed by atoms with Crippen LogP contribution in [0.1, 0.15) is 303 Å². The Morgan fingerprint density at radius 2 is 0.651 bits per heavy atom. The smallest absolute Gasteiger partial charge is 0.249 e. The van der Waals surface area contributed by atoms with E-state index in [4.69, 9.17) is 0 Å². The Morgan fingerprint density at radius 3 is 0.952 bits per heavy atom. The number of hydrogen-bond acceptors (Lipinski definition) is 5.